The van der Waals surface area contributed by atoms with E-state index in [1.807, 2.05) is 24.3 Å². The molecule has 0 spiro atoms. The van der Waals surface area contributed by atoms with Gasteiger partial charge in [-0.25, -0.2) is 9.97 Å². The maximum atomic E-state index is 9.93. The molecule has 2 aromatic rings. The van der Waals surface area contributed by atoms with Gasteiger partial charge in [0.15, 0.2) is 5.82 Å². The summed E-state index contributed by atoms with van der Waals surface area (Å²) in [5.41, 5.74) is 1.16. The predicted octanol–water partition coefficient (Wildman–Crippen LogP) is 2.15. The number of ether oxygens (including phenoxy) is 1. The molecule has 1 atom stereocenters. The minimum Gasteiger partial charge on any atom is -0.497 e. The summed E-state index contributed by atoms with van der Waals surface area (Å²) in [7, 11) is 1.64. The van der Waals surface area contributed by atoms with Crippen LogP contribution in [0.5, 0.6) is 5.75 Å². The van der Waals surface area contributed by atoms with Gasteiger partial charge in [0.1, 0.15) is 11.9 Å². The third kappa shape index (κ3) is 3.28. The molecule has 0 aliphatic heterocycles. The molecule has 18 heavy (non-hydrogen) atoms. The van der Waals surface area contributed by atoms with Crippen molar-refractivity contribution in [3.63, 3.8) is 0 Å². The van der Waals surface area contributed by atoms with E-state index >= 15 is 0 Å². The Morgan fingerprint density at radius 1 is 1.17 bits per heavy atom. The molecule has 0 bridgehead atoms. The molecule has 0 radical (unpaired) electrons. The SMILES string of the molecule is COc1ccc(CCC(O)c2ncccn2)cc1. The fourth-order valence-corrected chi connectivity index (χ4v) is 1.71. The molecular formula is C14H16N2O2. The smallest absolute Gasteiger partial charge is 0.156 e. The summed E-state index contributed by atoms with van der Waals surface area (Å²) in [6.07, 6.45) is 4.05. The molecule has 1 aromatic heterocycles. The largest absolute Gasteiger partial charge is 0.497 e. The molecule has 0 fully saturated rings. The van der Waals surface area contributed by atoms with Gasteiger partial charge in [0, 0.05) is 12.4 Å². The molecule has 0 aliphatic carbocycles. The van der Waals surface area contributed by atoms with Crippen LogP contribution in [0, 0.1) is 0 Å². The number of methoxy groups -OCH3 is 1. The second-order valence-electron chi connectivity index (χ2n) is 4.01. The molecule has 0 saturated heterocycles. The summed E-state index contributed by atoms with van der Waals surface area (Å²) in [6.45, 7) is 0. The first kappa shape index (κ1) is 12.5. The molecule has 4 heteroatoms. The number of nitrogens with zero attached hydrogens (tertiary/aromatic N) is 2. The van der Waals surface area contributed by atoms with Gasteiger partial charge in [0.25, 0.3) is 0 Å². The highest BCUT2D eigenvalue weighted by Crippen LogP contribution is 2.17. The second kappa shape index (κ2) is 6.12. The van der Waals surface area contributed by atoms with E-state index in [9.17, 15) is 5.11 Å². The van der Waals surface area contributed by atoms with Gasteiger partial charge >= 0.3 is 0 Å². The van der Waals surface area contributed by atoms with Crippen LogP contribution in [-0.4, -0.2) is 22.2 Å². The maximum absolute atomic E-state index is 9.93. The van der Waals surface area contributed by atoms with Crippen LogP contribution in [0.3, 0.4) is 0 Å². The number of aliphatic hydroxyl groups excluding tert-OH is 1. The molecule has 1 N–H and O–H groups in total. The zero-order valence-corrected chi connectivity index (χ0v) is 10.3. The van der Waals surface area contributed by atoms with Crippen LogP contribution in [0.25, 0.3) is 0 Å². The first-order valence-electron chi connectivity index (χ1n) is 5.87. The lowest BCUT2D eigenvalue weighted by Crippen LogP contribution is -2.04. The minimum absolute atomic E-state index is 0.478. The molecule has 94 valence electrons. The normalized spacial score (nSPS) is 12.1. The van der Waals surface area contributed by atoms with Crippen LogP contribution >= 0.6 is 0 Å². The number of benzene rings is 1. The van der Waals surface area contributed by atoms with Crippen LogP contribution in [-0.2, 0) is 6.42 Å². The van der Waals surface area contributed by atoms with Gasteiger partial charge < -0.3 is 9.84 Å². The topological polar surface area (TPSA) is 55.2 Å². The van der Waals surface area contributed by atoms with E-state index in [0.717, 1.165) is 17.7 Å². The van der Waals surface area contributed by atoms with E-state index in [4.69, 9.17) is 4.74 Å². The Labute approximate surface area is 106 Å². The van der Waals surface area contributed by atoms with Crippen molar-refractivity contribution in [1.29, 1.82) is 0 Å². The first-order valence-corrected chi connectivity index (χ1v) is 5.87. The van der Waals surface area contributed by atoms with Crippen molar-refractivity contribution in [2.45, 2.75) is 18.9 Å². The van der Waals surface area contributed by atoms with Gasteiger partial charge in [0.2, 0.25) is 0 Å². The van der Waals surface area contributed by atoms with Gasteiger partial charge in [-0.3, -0.25) is 0 Å². The van der Waals surface area contributed by atoms with Crippen molar-refractivity contribution in [3.8, 4) is 5.75 Å². The molecule has 0 saturated carbocycles. The van der Waals surface area contributed by atoms with E-state index in [1.165, 1.54) is 0 Å². The molecular weight excluding hydrogens is 228 g/mol. The van der Waals surface area contributed by atoms with Crippen molar-refractivity contribution < 1.29 is 9.84 Å². The lowest BCUT2D eigenvalue weighted by molar-refractivity contribution is 0.158. The van der Waals surface area contributed by atoms with Crippen molar-refractivity contribution in [1.82, 2.24) is 9.97 Å². The van der Waals surface area contributed by atoms with Gasteiger partial charge in [0.05, 0.1) is 7.11 Å². The standard InChI is InChI=1S/C14H16N2O2/c1-18-12-6-3-11(4-7-12)5-8-13(17)14-15-9-2-10-16-14/h2-4,6-7,9-10,13,17H,5,8H2,1H3. The Balaban J connectivity index is 1.91. The number of rotatable bonds is 5. The number of hydrogen-bond acceptors (Lipinski definition) is 4. The third-order valence-corrected chi connectivity index (χ3v) is 2.75. The second-order valence-corrected chi connectivity index (χ2v) is 4.01. The van der Waals surface area contributed by atoms with Gasteiger partial charge in [-0.05, 0) is 36.6 Å². The third-order valence-electron chi connectivity index (χ3n) is 2.75. The Bertz CT molecular complexity index is 471. The molecule has 0 aliphatic rings. The monoisotopic (exact) mass is 244 g/mol. The summed E-state index contributed by atoms with van der Waals surface area (Å²) >= 11 is 0. The van der Waals surface area contributed by atoms with E-state index in [0.29, 0.717) is 12.2 Å². The lowest BCUT2D eigenvalue weighted by atomic mass is 10.1. The minimum atomic E-state index is -0.617. The fraction of sp³-hybridized carbons (Fsp3) is 0.286. The Hall–Kier alpha value is -1.94. The number of aliphatic hydroxyl groups is 1. The van der Waals surface area contributed by atoms with Crippen LogP contribution in [0.2, 0.25) is 0 Å². The summed E-state index contributed by atoms with van der Waals surface area (Å²) in [4.78, 5) is 8.07. The van der Waals surface area contributed by atoms with Gasteiger partial charge in [-0.2, -0.15) is 0 Å². The number of aryl methyl sites for hydroxylation is 1. The van der Waals surface area contributed by atoms with Crippen LogP contribution < -0.4 is 4.74 Å². The van der Waals surface area contributed by atoms with Gasteiger partial charge in [-0.15, -0.1) is 0 Å². The van der Waals surface area contributed by atoms with E-state index in [-0.39, 0.29) is 0 Å². The summed E-state index contributed by atoms with van der Waals surface area (Å²) in [5, 5.41) is 9.93. The molecule has 4 nitrogen and oxygen atoms in total. The average Bonchev–Trinajstić information content (AvgIpc) is 2.46. The molecule has 1 aromatic carbocycles. The molecule has 2 rings (SSSR count). The maximum Gasteiger partial charge on any atom is 0.156 e. The highest BCUT2D eigenvalue weighted by Gasteiger charge is 2.09. The van der Waals surface area contributed by atoms with Crippen LogP contribution in [0.4, 0.5) is 0 Å². The Kier molecular flexibility index (Phi) is 4.25. The summed E-state index contributed by atoms with van der Waals surface area (Å²) in [6, 6.07) is 9.57. The highest BCUT2D eigenvalue weighted by molar-refractivity contribution is 5.27. The van der Waals surface area contributed by atoms with Gasteiger partial charge in [-0.1, -0.05) is 12.1 Å². The van der Waals surface area contributed by atoms with Crippen LogP contribution in [0.1, 0.15) is 23.9 Å². The lowest BCUT2D eigenvalue weighted by Gasteiger charge is -2.09. The molecule has 1 heterocycles. The highest BCUT2D eigenvalue weighted by atomic mass is 16.5. The van der Waals surface area contributed by atoms with Crippen LogP contribution in [0.15, 0.2) is 42.7 Å². The Morgan fingerprint density at radius 2 is 1.83 bits per heavy atom. The average molecular weight is 244 g/mol. The van der Waals surface area contributed by atoms with E-state index in [2.05, 4.69) is 9.97 Å². The zero-order valence-electron chi connectivity index (χ0n) is 10.3. The zero-order chi connectivity index (χ0) is 12.8. The van der Waals surface area contributed by atoms with Crippen molar-refractivity contribution in [3.05, 3.63) is 54.1 Å². The number of hydrogen-bond donors (Lipinski definition) is 1. The molecule has 0 amide bonds. The van der Waals surface area contributed by atoms with Crippen molar-refractivity contribution >= 4 is 0 Å². The Morgan fingerprint density at radius 3 is 2.44 bits per heavy atom. The van der Waals surface area contributed by atoms with E-state index in [1.54, 1.807) is 25.6 Å². The predicted molar refractivity (Wildman–Crippen MR) is 68.3 cm³/mol. The fourth-order valence-electron chi connectivity index (χ4n) is 1.71. The quantitative estimate of drug-likeness (QED) is 0.875. The van der Waals surface area contributed by atoms with Crippen molar-refractivity contribution in [2.75, 3.05) is 7.11 Å². The van der Waals surface area contributed by atoms with E-state index < -0.39 is 6.10 Å². The number of aromatic nitrogens is 2. The molecule has 1 unspecified atom stereocenters. The summed E-state index contributed by atoms with van der Waals surface area (Å²) < 4.78 is 5.09. The van der Waals surface area contributed by atoms with Crippen molar-refractivity contribution in [2.24, 2.45) is 0 Å². The summed E-state index contributed by atoms with van der Waals surface area (Å²) in [5.74, 6) is 1.32. The first-order chi connectivity index (χ1) is 8.79.